The Labute approximate surface area is 142 Å². The summed E-state index contributed by atoms with van der Waals surface area (Å²) in [5.41, 5.74) is 4.38. The van der Waals surface area contributed by atoms with Gasteiger partial charge in [-0.05, 0) is 49.2 Å². The molecule has 1 aliphatic heterocycles. The highest BCUT2D eigenvalue weighted by molar-refractivity contribution is 6.99. The predicted octanol–water partition coefficient (Wildman–Crippen LogP) is 3.96. The van der Waals surface area contributed by atoms with Gasteiger partial charge in [-0.1, -0.05) is 19.9 Å². The van der Waals surface area contributed by atoms with Crippen molar-refractivity contribution in [3.63, 3.8) is 0 Å². The topological polar surface area (TPSA) is 38.3 Å². The molecule has 0 saturated heterocycles. The number of ether oxygens (including phenoxy) is 1. The molecule has 0 atom stereocenters. The minimum atomic E-state index is 0.527. The van der Waals surface area contributed by atoms with Gasteiger partial charge in [-0.3, -0.25) is 0 Å². The second-order valence-corrected chi connectivity index (χ2v) is 6.97. The molecule has 2 aromatic rings. The normalized spacial score (nSPS) is 15.7. The van der Waals surface area contributed by atoms with Crippen LogP contribution < -0.4 is 4.74 Å². The molecular formula is C18H23N3OS. The smallest absolute Gasteiger partial charge is 0.119 e. The monoisotopic (exact) mass is 329 g/mol. The van der Waals surface area contributed by atoms with E-state index >= 15 is 0 Å². The standard InChI is InChI=1S/C18H23N3OS/c1-13(2)12-22-16-8-6-14(7-9-16)17-18(20-23-19-17)15-5-4-10-21(3)11-15/h5-9,13H,4,10-12H2,1-3H3. The Kier molecular flexibility index (Phi) is 5.08. The van der Waals surface area contributed by atoms with E-state index in [4.69, 9.17) is 4.74 Å². The summed E-state index contributed by atoms with van der Waals surface area (Å²) in [6, 6.07) is 8.18. The maximum absolute atomic E-state index is 5.75. The summed E-state index contributed by atoms with van der Waals surface area (Å²) in [6.45, 7) is 7.08. The van der Waals surface area contributed by atoms with E-state index in [1.807, 2.05) is 12.1 Å². The molecule has 1 aromatic carbocycles. The van der Waals surface area contributed by atoms with Crippen LogP contribution in [0.3, 0.4) is 0 Å². The van der Waals surface area contributed by atoms with Gasteiger partial charge in [0, 0.05) is 18.7 Å². The zero-order chi connectivity index (χ0) is 16.2. The summed E-state index contributed by atoms with van der Waals surface area (Å²) < 4.78 is 14.8. The summed E-state index contributed by atoms with van der Waals surface area (Å²) in [6.07, 6.45) is 3.37. The quantitative estimate of drug-likeness (QED) is 0.832. The Hall–Kier alpha value is -1.72. The number of hydrogen-bond acceptors (Lipinski definition) is 5. The average Bonchev–Trinajstić information content (AvgIpc) is 3.03. The minimum absolute atomic E-state index is 0.527. The molecule has 0 bridgehead atoms. The second kappa shape index (κ2) is 7.23. The first kappa shape index (κ1) is 16.1. The lowest BCUT2D eigenvalue weighted by Gasteiger charge is -2.22. The number of likely N-dealkylation sites (N-methyl/N-ethyl adjacent to an activating group) is 1. The third-order valence-corrected chi connectivity index (χ3v) is 4.37. The fraction of sp³-hybridized carbons (Fsp3) is 0.444. The van der Waals surface area contributed by atoms with Gasteiger partial charge in [-0.25, -0.2) is 0 Å². The van der Waals surface area contributed by atoms with Gasteiger partial charge in [0.15, 0.2) is 0 Å². The molecule has 0 aliphatic carbocycles. The maximum atomic E-state index is 5.75. The predicted molar refractivity (Wildman–Crippen MR) is 95.8 cm³/mol. The van der Waals surface area contributed by atoms with Crippen molar-refractivity contribution >= 4 is 17.3 Å². The van der Waals surface area contributed by atoms with E-state index in [2.05, 4.69) is 52.8 Å². The van der Waals surface area contributed by atoms with Crippen molar-refractivity contribution in [2.24, 2.45) is 5.92 Å². The molecule has 0 fully saturated rings. The van der Waals surface area contributed by atoms with Crippen LogP contribution in [0.2, 0.25) is 0 Å². The van der Waals surface area contributed by atoms with Crippen LogP contribution in [0.5, 0.6) is 5.75 Å². The summed E-state index contributed by atoms with van der Waals surface area (Å²) in [7, 11) is 2.15. The van der Waals surface area contributed by atoms with E-state index in [-0.39, 0.29) is 0 Å². The number of nitrogens with zero attached hydrogens (tertiary/aromatic N) is 3. The minimum Gasteiger partial charge on any atom is -0.493 e. The third-order valence-electron chi connectivity index (χ3n) is 3.85. The second-order valence-electron chi connectivity index (χ2n) is 6.45. The highest BCUT2D eigenvalue weighted by Crippen LogP contribution is 2.30. The molecule has 0 radical (unpaired) electrons. The molecule has 0 N–H and O–H groups in total. The van der Waals surface area contributed by atoms with Crippen LogP contribution in [0.4, 0.5) is 0 Å². The van der Waals surface area contributed by atoms with E-state index in [1.54, 1.807) is 0 Å². The van der Waals surface area contributed by atoms with E-state index in [0.29, 0.717) is 5.92 Å². The van der Waals surface area contributed by atoms with Crippen LogP contribution in [0.15, 0.2) is 30.3 Å². The zero-order valence-corrected chi connectivity index (χ0v) is 14.8. The van der Waals surface area contributed by atoms with E-state index < -0.39 is 0 Å². The Morgan fingerprint density at radius 1 is 1.17 bits per heavy atom. The lowest BCUT2D eigenvalue weighted by molar-refractivity contribution is 0.271. The number of hydrogen-bond donors (Lipinski definition) is 0. The molecule has 4 nitrogen and oxygen atoms in total. The molecule has 2 heterocycles. The van der Waals surface area contributed by atoms with E-state index in [9.17, 15) is 0 Å². The molecule has 0 saturated carbocycles. The van der Waals surface area contributed by atoms with Crippen LogP contribution in [0, 0.1) is 5.92 Å². The summed E-state index contributed by atoms with van der Waals surface area (Å²) in [5, 5.41) is 0. The molecule has 0 amide bonds. The molecule has 0 spiro atoms. The Morgan fingerprint density at radius 3 is 2.61 bits per heavy atom. The van der Waals surface area contributed by atoms with Crippen molar-refractivity contribution in [3.8, 4) is 17.0 Å². The molecule has 1 aromatic heterocycles. The van der Waals surface area contributed by atoms with Crippen LogP contribution >= 0.6 is 11.7 Å². The molecule has 3 rings (SSSR count). The van der Waals surface area contributed by atoms with Gasteiger partial charge < -0.3 is 9.64 Å². The lowest BCUT2D eigenvalue weighted by atomic mass is 10.0. The van der Waals surface area contributed by atoms with Gasteiger partial charge >= 0.3 is 0 Å². The fourth-order valence-corrected chi connectivity index (χ4v) is 3.23. The van der Waals surface area contributed by atoms with Crippen LogP contribution in [0.25, 0.3) is 16.8 Å². The summed E-state index contributed by atoms with van der Waals surface area (Å²) in [4.78, 5) is 2.32. The Morgan fingerprint density at radius 2 is 1.91 bits per heavy atom. The van der Waals surface area contributed by atoms with Gasteiger partial charge in [-0.2, -0.15) is 8.75 Å². The zero-order valence-electron chi connectivity index (χ0n) is 14.0. The van der Waals surface area contributed by atoms with Gasteiger partial charge in [0.2, 0.25) is 0 Å². The molecular weight excluding hydrogens is 306 g/mol. The van der Waals surface area contributed by atoms with Crippen molar-refractivity contribution in [2.75, 3.05) is 26.7 Å². The average molecular weight is 329 g/mol. The first-order chi connectivity index (χ1) is 11.1. The van der Waals surface area contributed by atoms with Gasteiger partial charge in [0.25, 0.3) is 0 Å². The van der Waals surface area contributed by atoms with Crippen molar-refractivity contribution < 1.29 is 4.74 Å². The SMILES string of the molecule is CC(C)COc1ccc(-c2nsnc2C2=CCCN(C)C2)cc1. The number of rotatable bonds is 5. The first-order valence-corrected chi connectivity index (χ1v) is 8.80. The van der Waals surface area contributed by atoms with E-state index in [0.717, 1.165) is 48.8 Å². The van der Waals surface area contributed by atoms with Gasteiger partial charge in [0.1, 0.15) is 17.1 Å². The molecule has 23 heavy (non-hydrogen) atoms. The first-order valence-electron chi connectivity index (χ1n) is 8.07. The van der Waals surface area contributed by atoms with Crippen LogP contribution in [-0.2, 0) is 0 Å². The summed E-state index contributed by atoms with van der Waals surface area (Å²) >= 11 is 1.28. The Balaban J connectivity index is 1.80. The number of aromatic nitrogens is 2. The van der Waals surface area contributed by atoms with Crippen molar-refractivity contribution in [2.45, 2.75) is 20.3 Å². The fourth-order valence-electron chi connectivity index (χ4n) is 2.63. The van der Waals surface area contributed by atoms with Crippen molar-refractivity contribution in [3.05, 3.63) is 36.0 Å². The highest BCUT2D eigenvalue weighted by Gasteiger charge is 2.18. The van der Waals surface area contributed by atoms with Crippen molar-refractivity contribution in [1.82, 2.24) is 13.6 Å². The number of benzene rings is 1. The largest absolute Gasteiger partial charge is 0.493 e. The molecule has 1 aliphatic rings. The van der Waals surface area contributed by atoms with Crippen LogP contribution in [-0.4, -0.2) is 40.4 Å². The third kappa shape index (κ3) is 3.98. The van der Waals surface area contributed by atoms with Gasteiger partial charge in [-0.15, -0.1) is 0 Å². The molecule has 0 unspecified atom stereocenters. The molecule has 122 valence electrons. The van der Waals surface area contributed by atoms with Crippen LogP contribution in [0.1, 0.15) is 26.0 Å². The molecule has 5 heteroatoms. The lowest BCUT2D eigenvalue weighted by Crippen LogP contribution is -2.25. The highest BCUT2D eigenvalue weighted by atomic mass is 32.1. The van der Waals surface area contributed by atoms with Crippen molar-refractivity contribution in [1.29, 1.82) is 0 Å². The van der Waals surface area contributed by atoms with E-state index in [1.165, 1.54) is 17.3 Å². The maximum Gasteiger partial charge on any atom is 0.119 e. The van der Waals surface area contributed by atoms with Gasteiger partial charge in [0.05, 0.1) is 18.3 Å². The Bertz CT molecular complexity index is 676. The summed E-state index contributed by atoms with van der Waals surface area (Å²) in [5.74, 6) is 1.43.